The van der Waals surface area contributed by atoms with Gasteiger partial charge in [0.2, 0.25) is 0 Å². The van der Waals surface area contributed by atoms with Gasteiger partial charge in [-0.15, -0.1) is 0 Å². The first-order chi connectivity index (χ1) is 7.50. The van der Waals surface area contributed by atoms with Crippen LogP contribution in [0, 0.1) is 5.82 Å². The first kappa shape index (κ1) is 12.7. The van der Waals surface area contributed by atoms with Crippen LogP contribution < -0.4 is 4.74 Å². The van der Waals surface area contributed by atoms with Crippen molar-refractivity contribution in [1.29, 1.82) is 0 Å². The third-order valence-electron chi connectivity index (χ3n) is 2.16. The lowest BCUT2D eigenvalue weighted by Gasteiger charge is -2.08. The van der Waals surface area contributed by atoms with Gasteiger partial charge in [-0.2, -0.15) is 0 Å². The Morgan fingerprint density at radius 3 is 2.69 bits per heavy atom. The molecule has 0 amide bonds. The molecule has 2 nitrogen and oxygen atoms in total. The van der Waals surface area contributed by atoms with Crippen LogP contribution in [0.15, 0.2) is 29.8 Å². The van der Waals surface area contributed by atoms with E-state index >= 15 is 0 Å². The molecule has 0 spiro atoms. The minimum atomic E-state index is -0.799. The predicted molar refractivity (Wildman–Crippen MR) is 62.0 cm³/mol. The SMILES string of the molecule is CC(C)=CCOc1ccc([C@@H](C)O)c(F)c1. The van der Waals surface area contributed by atoms with Crippen LogP contribution in [-0.4, -0.2) is 11.7 Å². The van der Waals surface area contributed by atoms with Crippen LogP contribution in [0.25, 0.3) is 0 Å². The average Bonchev–Trinajstić information content (AvgIpc) is 2.16. The number of benzene rings is 1. The van der Waals surface area contributed by atoms with E-state index in [-0.39, 0.29) is 5.56 Å². The smallest absolute Gasteiger partial charge is 0.132 e. The number of aliphatic hydroxyl groups excluding tert-OH is 1. The molecule has 0 saturated heterocycles. The summed E-state index contributed by atoms with van der Waals surface area (Å²) in [7, 11) is 0. The van der Waals surface area contributed by atoms with Gasteiger partial charge < -0.3 is 9.84 Å². The molecule has 0 fully saturated rings. The van der Waals surface area contributed by atoms with Crippen molar-refractivity contribution in [2.45, 2.75) is 26.9 Å². The topological polar surface area (TPSA) is 29.5 Å². The molecule has 0 aliphatic heterocycles. The molecule has 1 rings (SSSR count). The maximum atomic E-state index is 13.4. The van der Waals surface area contributed by atoms with E-state index in [4.69, 9.17) is 4.74 Å². The first-order valence-electron chi connectivity index (χ1n) is 5.24. The fourth-order valence-electron chi connectivity index (χ4n) is 1.24. The maximum Gasteiger partial charge on any atom is 0.132 e. The quantitative estimate of drug-likeness (QED) is 0.796. The predicted octanol–water partition coefficient (Wildman–Crippen LogP) is 3.22. The van der Waals surface area contributed by atoms with Gasteiger partial charge in [0, 0.05) is 11.6 Å². The Labute approximate surface area is 95.4 Å². The lowest BCUT2D eigenvalue weighted by Crippen LogP contribution is -1.99. The van der Waals surface area contributed by atoms with Crippen molar-refractivity contribution in [3.05, 3.63) is 41.2 Å². The number of hydrogen-bond donors (Lipinski definition) is 1. The van der Waals surface area contributed by atoms with Gasteiger partial charge in [0.25, 0.3) is 0 Å². The molecule has 0 aliphatic rings. The van der Waals surface area contributed by atoms with Crippen LogP contribution in [0.5, 0.6) is 5.75 Å². The molecule has 1 aromatic rings. The molecule has 3 heteroatoms. The molecule has 16 heavy (non-hydrogen) atoms. The molecular weight excluding hydrogens is 207 g/mol. The van der Waals surface area contributed by atoms with Gasteiger partial charge in [-0.25, -0.2) is 4.39 Å². The van der Waals surface area contributed by atoms with Crippen LogP contribution >= 0.6 is 0 Å². The summed E-state index contributed by atoms with van der Waals surface area (Å²) in [6, 6.07) is 4.49. The van der Waals surface area contributed by atoms with Crippen LogP contribution in [0.2, 0.25) is 0 Å². The number of allylic oxidation sites excluding steroid dienone is 1. The summed E-state index contributed by atoms with van der Waals surface area (Å²) in [5, 5.41) is 9.25. The second kappa shape index (κ2) is 5.66. The number of ether oxygens (including phenoxy) is 1. The highest BCUT2D eigenvalue weighted by Crippen LogP contribution is 2.21. The van der Waals surface area contributed by atoms with Crippen molar-refractivity contribution in [3.8, 4) is 5.75 Å². The normalized spacial score (nSPS) is 12.1. The average molecular weight is 224 g/mol. The number of rotatable bonds is 4. The summed E-state index contributed by atoms with van der Waals surface area (Å²) in [4.78, 5) is 0. The zero-order chi connectivity index (χ0) is 12.1. The zero-order valence-electron chi connectivity index (χ0n) is 9.83. The van der Waals surface area contributed by atoms with Crippen molar-refractivity contribution in [2.24, 2.45) is 0 Å². The Balaban J connectivity index is 2.70. The van der Waals surface area contributed by atoms with Gasteiger partial charge in [0.1, 0.15) is 18.2 Å². The van der Waals surface area contributed by atoms with Gasteiger partial charge in [0.05, 0.1) is 6.10 Å². The van der Waals surface area contributed by atoms with E-state index in [2.05, 4.69) is 0 Å². The summed E-state index contributed by atoms with van der Waals surface area (Å²) in [5.41, 5.74) is 1.44. The van der Waals surface area contributed by atoms with Crippen molar-refractivity contribution in [3.63, 3.8) is 0 Å². The molecule has 0 heterocycles. The van der Waals surface area contributed by atoms with E-state index in [0.717, 1.165) is 5.57 Å². The zero-order valence-corrected chi connectivity index (χ0v) is 9.83. The number of hydrogen-bond acceptors (Lipinski definition) is 2. The second-order valence-electron chi connectivity index (χ2n) is 3.95. The highest BCUT2D eigenvalue weighted by Gasteiger charge is 2.08. The minimum absolute atomic E-state index is 0.287. The highest BCUT2D eigenvalue weighted by atomic mass is 19.1. The van der Waals surface area contributed by atoms with Crippen molar-refractivity contribution >= 4 is 0 Å². The minimum Gasteiger partial charge on any atom is -0.489 e. The number of aliphatic hydroxyl groups is 1. The fourth-order valence-corrected chi connectivity index (χ4v) is 1.24. The fraction of sp³-hybridized carbons (Fsp3) is 0.385. The largest absolute Gasteiger partial charge is 0.489 e. The van der Waals surface area contributed by atoms with Crippen molar-refractivity contribution in [1.82, 2.24) is 0 Å². The van der Waals surface area contributed by atoms with E-state index in [1.165, 1.54) is 19.1 Å². The lowest BCUT2D eigenvalue weighted by atomic mass is 10.1. The van der Waals surface area contributed by atoms with E-state index in [9.17, 15) is 9.50 Å². The summed E-state index contributed by atoms with van der Waals surface area (Å²) < 4.78 is 18.8. The van der Waals surface area contributed by atoms with Crippen molar-refractivity contribution in [2.75, 3.05) is 6.61 Å². The Hall–Kier alpha value is -1.35. The Morgan fingerprint density at radius 1 is 1.50 bits per heavy atom. The molecule has 0 radical (unpaired) electrons. The van der Waals surface area contributed by atoms with Crippen LogP contribution in [0.3, 0.4) is 0 Å². The standard InChI is InChI=1S/C13H17FO2/c1-9(2)6-7-16-11-4-5-12(10(3)15)13(14)8-11/h4-6,8,10,15H,7H2,1-3H3/t10-/m1/s1. The highest BCUT2D eigenvalue weighted by molar-refractivity contribution is 5.30. The van der Waals surface area contributed by atoms with E-state index in [0.29, 0.717) is 12.4 Å². The molecule has 1 aromatic carbocycles. The second-order valence-corrected chi connectivity index (χ2v) is 3.95. The van der Waals surface area contributed by atoms with Gasteiger partial charge >= 0.3 is 0 Å². The lowest BCUT2D eigenvalue weighted by molar-refractivity contribution is 0.194. The first-order valence-corrected chi connectivity index (χ1v) is 5.24. The van der Waals surface area contributed by atoms with Gasteiger partial charge in [-0.3, -0.25) is 0 Å². The third kappa shape index (κ3) is 3.66. The van der Waals surface area contributed by atoms with Crippen molar-refractivity contribution < 1.29 is 14.2 Å². The van der Waals surface area contributed by atoms with E-state index < -0.39 is 11.9 Å². The Kier molecular flexibility index (Phi) is 4.50. The summed E-state index contributed by atoms with van der Waals surface area (Å²) in [5.74, 6) is 0.0316. The number of halogens is 1. The maximum absolute atomic E-state index is 13.4. The molecule has 88 valence electrons. The van der Waals surface area contributed by atoms with Gasteiger partial charge in [-0.05, 0) is 39.0 Å². The Bertz CT molecular complexity index is 380. The third-order valence-corrected chi connectivity index (χ3v) is 2.16. The summed E-state index contributed by atoms with van der Waals surface area (Å²) in [6.45, 7) is 5.90. The molecule has 0 aliphatic carbocycles. The van der Waals surface area contributed by atoms with Crippen LogP contribution in [0.1, 0.15) is 32.4 Å². The molecule has 0 saturated carbocycles. The van der Waals surface area contributed by atoms with Gasteiger partial charge in [0.15, 0.2) is 0 Å². The molecule has 0 unspecified atom stereocenters. The summed E-state index contributed by atoms with van der Waals surface area (Å²) >= 11 is 0. The van der Waals surface area contributed by atoms with Crippen LogP contribution in [-0.2, 0) is 0 Å². The van der Waals surface area contributed by atoms with E-state index in [1.54, 1.807) is 6.07 Å². The Morgan fingerprint density at radius 2 is 2.19 bits per heavy atom. The van der Waals surface area contributed by atoms with E-state index in [1.807, 2.05) is 19.9 Å². The monoisotopic (exact) mass is 224 g/mol. The van der Waals surface area contributed by atoms with Gasteiger partial charge in [-0.1, -0.05) is 5.57 Å². The summed E-state index contributed by atoms with van der Waals surface area (Å²) in [6.07, 6.45) is 1.12. The van der Waals surface area contributed by atoms with Crippen LogP contribution in [0.4, 0.5) is 4.39 Å². The molecule has 1 atom stereocenters. The molecule has 1 N–H and O–H groups in total. The molecular formula is C13H17FO2. The molecule has 0 bridgehead atoms. The molecule has 0 aromatic heterocycles.